The van der Waals surface area contributed by atoms with Crippen LogP contribution in [-0.4, -0.2) is 11.1 Å². The van der Waals surface area contributed by atoms with Gasteiger partial charge in [0.15, 0.2) is 0 Å². The van der Waals surface area contributed by atoms with Gasteiger partial charge in [0.2, 0.25) is 0 Å². The summed E-state index contributed by atoms with van der Waals surface area (Å²) in [6, 6.07) is 6.94. The van der Waals surface area contributed by atoms with Crippen LogP contribution in [0.5, 0.6) is 5.75 Å². The molecule has 2 aromatic carbocycles. The maximum Gasteiger partial charge on any atom is 0.339 e. The molecule has 0 saturated carbocycles. The molecule has 0 aromatic heterocycles. The number of carboxylic acids is 1. The maximum absolute atomic E-state index is 13.5. The Morgan fingerprint density at radius 1 is 1.20 bits per heavy atom. The number of rotatable bonds is 4. The third-order valence-electron chi connectivity index (χ3n) is 2.57. The first kappa shape index (κ1) is 14.3. The largest absolute Gasteiger partial charge is 0.488 e. The van der Waals surface area contributed by atoms with Gasteiger partial charge in [-0.1, -0.05) is 11.6 Å². The lowest BCUT2D eigenvalue weighted by atomic mass is 10.2. The Morgan fingerprint density at radius 3 is 2.65 bits per heavy atom. The molecular formula is C14H9ClF2O3. The molecule has 0 saturated heterocycles. The first-order valence-electron chi connectivity index (χ1n) is 5.57. The SMILES string of the molecule is O=C(O)c1ccc(F)cc1OCc1cc(Cl)ccc1F. The summed E-state index contributed by atoms with van der Waals surface area (Å²) in [5, 5.41) is 9.28. The van der Waals surface area contributed by atoms with Crippen molar-refractivity contribution < 1.29 is 23.4 Å². The Hall–Kier alpha value is -2.14. The Morgan fingerprint density at radius 2 is 1.95 bits per heavy atom. The Kier molecular flexibility index (Phi) is 4.20. The summed E-state index contributed by atoms with van der Waals surface area (Å²) in [6.45, 7) is -0.254. The number of carbonyl (C=O) groups is 1. The van der Waals surface area contributed by atoms with Crippen molar-refractivity contribution in [1.82, 2.24) is 0 Å². The second-order valence-corrected chi connectivity index (χ2v) is 4.41. The van der Waals surface area contributed by atoms with Crippen LogP contribution < -0.4 is 4.74 Å². The van der Waals surface area contributed by atoms with Crippen LogP contribution >= 0.6 is 11.6 Å². The molecule has 0 radical (unpaired) electrons. The lowest BCUT2D eigenvalue weighted by molar-refractivity contribution is 0.0691. The van der Waals surface area contributed by atoms with Crippen LogP contribution in [0.2, 0.25) is 5.02 Å². The van der Waals surface area contributed by atoms with E-state index < -0.39 is 17.6 Å². The number of aromatic carboxylic acids is 1. The minimum absolute atomic E-state index is 0.151. The Labute approximate surface area is 118 Å². The van der Waals surface area contributed by atoms with Crippen molar-refractivity contribution in [1.29, 1.82) is 0 Å². The molecule has 0 aliphatic carbocycles. The van der Waals surface area contributed by atoms with Crippen molar-refractivity contribution in [3.05, 3.63) is 64.2 Å². The molecule has 6 heteroatoms. The smallest absolute Gasteiger partial charge is 0.339 e. The van der Waals surface area contributed by atoms with Crippen LogP contribution in [0.3, 0.4) is 0 Å². The monoisotopic (exact) mass is 298 g/mol. The van der Waals surface area contributed by atoms with Crippen molar-refractivity contribution in [3.63, 3.8) is 0 Å². The molecule has 0 bridgehead atoms. The molecule has 0 aliphatic rings. The first-order chi connectivity index (χ1) is 9.47. The molecule has 0 spiro atoms. The molecule has 20 heavy (non-hydrogen) atoms. The summed E-state index contributed by atoms with van der Waals surface area (Å²) in [7, 11) is 0. The van der Waals surface area contributed by atoms with E-state index in [1.807, 2.05) is 0 Å². The first-order valence-corrected chi connectivity index (χ1v) is 5.95. The second-order valence-electron chi connectivity index (χ2n) is 3.97. The van der Waals surface area contributed by atoms with Crippen molar-refractivity contribution in [2.24, 2.45) is 0 Å². The van der Waals surface area contributed by atoms with Crippen LogP contribution in [0.15, 0.2) is 36.4 Å². The van der Waals surface area contributed by atoms with Gasteiger partial charge in [-0.15, -0.1) is 0 Å². The van der Waals surface area contributed by atoms with E-state index in [0.717, 1.165) is 18.2 Å². The van der Waals surface area contributed by atoms with Crippen molar-refractivity contribution in [3.8, 4) is 5.75 Å². The normalized spacial score (nSPS) is 10.3. The standard InChI is InChI=1S/C14H9ClF2O3/c15-9-1-4-12(17)8(5-9)7-20-13-6-10(16)2-3-11(13)14(18)19/h1-6H,7H2,(H,18,19). The summed E-state index contributed by atoms with van der Waals surface area (Å²) in [5.74, 6) is -2.61. The average Bonchev–Trinajstić information content (AvgIpc) is 2.39. The molecule has 1 N–H and O–H groups in total. The summed E-state index contributed by atoms with van der Waals surface area (Å²) in [6.07, 6.45) is 0. The molecule has 104 valence electrons. The van der Waals surface area contributed by atoms with E-state index in [4.69, 9.17) is 21.4 Å². The van der Waals surface area contributed by atoms with Crippen molar-refractivity contribution in [2.45, 2.75) is 6.61 Å². The van der Waals surface area contributed by atoms with Crippen LogP contribution in [0.4, 0.5) is 8.78 Å². The van der Waals surface area contributed by atoms with Gasteiger partial charge >= 0.3 is 5.97 Å². The Bertz CT molecular complexity index is 659. The van der Waals surface area contributed by atoms with E-state index >= 15 is 0 Å². The van der Waals surface area contributed by atoms with Gasteiger partial charge in [-0.3, -0.25) is 0 Å². The second kappa shape index (κ2) is 5.88. The summed E-state index contributed by atoms with van der Waals surface area (Å²) in [4.78, 5) is 11.0. The third-order valence-corrected chi connectivity index (χ3v) is 2.80. The lowest BCUT2D eigenvalue weighted by Crippen LogP contribution is -2.05. The quantitative estimate of drug-likeness (QED) is 0.931. The highest BCUT2D eigenvalue weighted by molar-refractivity contribution is 6.30. The van der Waals surface area contributed by atoms with E-state index in [-0.39, 0.29) is 23.5 Å². The highest BCUT2D eigenvalue weighted by atomic mass is 35.5. The van der Waals surface area contributed by atoms with E-state index in [9.17, 15) is 13.6 Å². The van der Waals surface area contributed by atoms with Crippen molar-refractivity contribution in [2.75, 3.05) is 0 Å². The van der Waals surface area contributed by atoms with E-state index in [2.05, 4.69) is 0 Å². The molecule has 0 unspecified atom stereocenters. The minimum Gasteiger partial charge on any atom is -0.488 e. The van der Waals surface area contributed by atoms with E-state index in [1.54, 1.807) is 0 Å². The summed E-state index contributed by atoms with van der Waals surface area (Å²) < 4.78 is 31.8. The van der Waals surface area contributed by atoms with E-state index in [0.29, 0.717) is 5.02 Å². The predicted octanol–water partition coefficient (Wildman–Crippen LogP) is 3.90. The zero-order valence-electron chi connectivity index (χ0n) is 10.1. The number of carboxylic acid groups (broad SMARTS) is 1. The van der Waals surface area contributed by atoms with Gasteiger partial charge in [0.25, 0.3) is 0 Å². The molecule has 0 atom stereocenters. The summed E-state index contributed by atoms with van der Waals surface area (Å²) in [5.41, 5.74) is -0.0491. The maximum atomic E-state index is 13.5. The zero-order valence-corrected chi connectivity index (χ0v) is 10.8. The van der Waals surface area contributed by atoms with Crippen LogP contribution in [0.1, 0.15) is 15.9 Å². The molecule has 0 aliphatic heterocycles. The van der Waals surface area contributed by atoms with Gasteiger partial charge in [-0.2, -0.15) is 0 Å². The minimum atomic E-state index is -1.26. The number of benzene rings is 2. The third kappa shape index (κ3) is 3.24. The molecule has 0 fully saturated rings. The Balaban J connectivity index is 2.24. The van der Waals surface area contributed by atoms with Gasteiger partial charge in [0.05, 0.1) is 0 Å². The molecular weight excluding hydrogens is 290 g/mol. The fourth-order valence-corrected chi connectivity index (χ4v) is 1.80. The zero-order chi connectivity index (χ0) is 14.7. The highest BCUT2D eigenvalue weighted by Crippen LogP contribution is 2.23. The topological polar surface area (TPSA) is 46.5 Å². The van der Waals surface area contributed by atoms with Crippen LogP contribution in [-0.2, 0) is 6.61 Å². The molecule has 2 aromatic rings. The van der Waals surface area contributed by atoms with Gasteiger partial charge in [0, 0.05) is 16.7 Å². The highest BCUT2D eigenvalue weighted by Gasteiger charge is 2.13. The summed E-state index contributed by atoms with van der Waals surface area (Å²) >= 11 is 5.73. The number of ether oxygens (including phenoxy) is 1. The number of hydrogen-bond acceptors (Lipinski definition) is 2. The van der Waals surface area contributed by atoms with Gasteiger partial charge in [-0.25, -0.2) is 13.6 Å². The number of halogens is 3. The molecule has 0 amide bonds. The molecule has 0 heterocycles. The molecule has 2 rings (SSSR count). The molecule has 3 nitrogen and oxygen atoms in total. The van der Waals surface area contributed by atoms with Crippen LogP contribution in [0, 0.1) is 11.6 Å². The van der Waals surface area contributed by atoms with Crippen LogP contribution in [0.25, 0.3) is 0 Å². The van der Waals surface area contributed by atoms with E-state index in [1.165, 1.54) is 18.2 Å². The number of hydrogen-bond donors (Lipinski definition) is 1. The lowest BCUT2D eigenvalue weighted by Gasteiger charge is -2.10. The van der Waals surface area contributed by atoms with Gasteiger partial charge in [0.1, 0.15) is 29.6 Å². The fourth-order valence-electron chi connectivity index (χ4n) is 1.60. The van der Waals surface area contributed by atoms with Gasteiger partial charge in [-0.05, 0) is 30.3 Å². The van der Waals surface area contributed by atoms with Crippen molar-refractivity contribution >= 4 is 17.6 Å². The predicted molar refractivity (Wildman–Crippen MR) is 69.1 cm³/mol. The van der Waals surface area contributed by atoms with Gasteiger partial charge < -0.3 is 9.84 Å². The fraction of sp³-hybridized carbons (Fsp3) is 0.0714. The average molecular weight is 299 g/mol.